The fourth-order valence-corrected chi connectivity index (χ4v) is 3.23. The van der Waals surface area contributed by atoms with Crippen LogP contribution in [-0.4, -0.2) is 26.1 Å². The standard InChI is InChI=1S/C25H28N2O2/c1-19-8-12-22(13-9-19)25(21-6-4-3-5-7-21)27-18-24(28)26-17-16-20-10-14-23(29-2)15-11-20/h3-15,25,27H,16-18H2,1-2H3,(H,26,28)/t25-/m0/s1. The summed E-state index contributed by atoms with van der Waals surface area (Å²) in [4.78, 5) is 12.4. The van der Waals surface area contributed by atoms with Crippen LogP contribution in [0.5, 0.6) is 5.75 Å². The fraction of sp³-hybridized carbons (Fsp3) is 0.240. The quantitative estimate of drug-likeness (QED) is 0.582. The van der Waals surface area contributed by atoms with Gasteiger partial charge in [-0.3, -0.25) is 10.1 Å². The molecular formula is C25H28N2O2. The number of carbonyl (C=O) groups excluding carboxylic acids is 1. The molecule has 1 amide bonds. The first-order valence-corrected chi connectivity index (χ1v) is 9.90. The average Bonchev–Trinajstić information content (AvgIpc) is 2.76. The summed E-state index contributed by atoms with van der Waals surface area (Å²) >= 11 is 0. The van der Waals surface area contributed by atoms with Crippen molar-refractivity contribution >= 4 is 5.91 Å². The molecule has 29 heavy (non-hydrogen) atoms. The molecule has 0 aliphatic heterocycles. The average molecular weight is 389 g/mol. The zero-order chi connectivity index (χ0) is 20.5. The summed E-state index contributed by atoms with van der Waals surface area (Å²) in [5.74, 6) is 0.830. The highest BCUT2D eigenvalue weighted by atomic mass is 16.5. The van der Waals surface area contributed by atoms with Gasteiger partial charge in [0.1, 0.15) is 5.75 Å². The first-order valence-electron chi connectivity index (χ1n) is 9.90. The van der Waals surface area contributed by atoms with E-state index in [4.69, 9.17) is 4.74 Å². The smallest absolute Gasteiger partial charge is 0.233 e. The molecule has 4 heteroatoms. The van der Waals surface area contributed by atoms with Crippen molar-refractivity contribution in [3.63, 3.8) is 0 Å². The van der Waals surface area contributed by atoms with Crippen molar-refractivity contribution in [1.82, 2.24) is 10.6 Å². The first kappa shape index (κ1) is 20.6. The molecule has 0 unspecified atom stereocenters. The molecule has 4 nitrogen and oxygen atoms in total. The number of hydrogen-bond donors (Lipinski definition) is 2. The summed E-state index contributed by atoms with van der Waals surface area (Å²) in [5, 5.41) is 6.40. The molecule has 0 saturated carbocycles. The van der Waals surface area contributed by atoms with Crippen molar-refractivity contribution in [1.29, 1.82) is 0 Å². The second-order valence-corrected chi connectivity index (χ2v) is 7.08. The van der Waals surface area contributed by atoms with Crippen LogP contribution in [0.4, 0.5) is 0 Å². The van der Waals surface area contributed by atoms with Crippen LogP contribution in [-0.2, 0) is 11.2 Å². The minimum absolute atomic E-state index is 0.00782. The van der Waals surface area contributed by atoms with Crippen LogP contribution in [0.25, 0.3) is 0 Å². The Bertz CT molecular complexity index is 890. The Morgan fingerprint density at radius 1 is 0.897 bits per heavy atom. The normalized spacial score (nSPS) is 11.7. The number of methoxy groups -OCH3 is 1. The third kappa shape index (κ3) is 6.19. The first-order chi connectivity index (χ1) is 14.2. The molecule has 0 aliphatic rings. The van der Waals surface area contributed by atoms with Crippen molar-refractivity contribution in [2.24, 2.45) is 0 Å². The lowest BCUT2D eigenvalue weighted by atomic mass is 9.98. The van der Waals surface area contributed by atoms with Crippen LogP contribution in [0.2, 0.25) is 0 Å². The summed E-state index contributed by atoms with van der Waals surface area (Å²) in [6.45, 7) is 2.94. The van der Waals surface area contributed by atoms with Gasteiger partial charge in [-0.1, -0.05) is 72.3 Å². The number of amides is 1. The highest BCUT2D eigenvalue weighted by Crippen LogP contribution is 2.22. The highest BCUT2D eigenvalue weighted by Gasteiger charge is 2.14. The molecule has 150 valence electrons. The molecule has 3 aromatic carbocycles. The van der Waals surface area contributed by atoms with Crippen LogP contribution in [0, 0.1) is 6.92 Å². The van der Waals surface area contributed by atoms with Gasteiger partial charge in [-0.15, -0.1) is 0 Å². The van der Waals surface area contributed by atoms with Crippen LogP contribution in [0.15, 0.2) is 78.9 Å². The summed E-state index contributed by atoms with van der Waals surface area (Å²) in [6.07, 6.45) is 0.788. The van der Waals surface area contributed by atoms with Crippen LogP contribution < -0.4 is 15.4 Å². The van der Waals surface area contributed by atoms with E-state index in [9.17, 15) is 4.79 Å². The van der Waals surface area contributed by atoms with E-state index in [0.29, 0.717) is 6.54 Å². The number of ether oxygens (including phenoxy) is 1. The van der Waals surface area contributed by atoms with Gasteiger partial charge in [0.05, 0.1) is 19.7 Å². The summed E-state index contributed by atoms with van der Waals surface area (Å²) in [7, 11) is 1.65. The van der Waals surface area contributed by atoms with E-state index in [-0.39, 0.29) is 18.5 Å². The zero-order valence-electron chi connectivity index (χ0n) is 17.0. The van der Waals surface area contributed by atoms with Crippen molar-refractivity contribution < 1.29 is 9.53 Å². The van der Waals surface area contributed by atoms with Crippen molar-refractivity contribution in [3.8, 4) is 5.75 Å². The fourth-order valence-electron chi connectivity index (χ4n) is 3.23. The van der Waals surface area contributed by atoms with Gasteiger partial charge in [0.15, 0.2) is 0 Å². The third-order valence-electron chi connectivity index (χ3n) is 4.91. The van der Waals surface area contributed by atoms with Gasteiger partial charge in [0.2, 0.25) is 5.91 Å². The lowest BCUT2D eigenvalue weighted by Gasteiger charge is -2.20. The maximum atomic E-state index is 12.4. The van der Waals surface area contributed by atoms with Gasteiger partial charge in [-0.25, -0.2) is 0 Å². The number of benzene rings is 3. The molecule has 0 aromatic heterocycles. The Hall–Kier alpha value is -3.11. The lowest BCUT2D eigenvalue weighted by Crippen LogP contribution is -2.37. The van der Waals surface area contributed by atoms with Gasteiger partial charge in [0, 0.05) is 6.54 Å². The van der Waals surface area contributed by atoms with E-state index < -0.39 is 0 Å². The Labute approximate surface area is 172 Å². The van der Waals surface area contributed by atoms with Gasteiger partial charge in [-0.05, 0) is 42.2 Å². The molecule has 1 atom stereocenters. The molecule has 0 aliphatic carbocycles. The van der Waals surface area contributed by atoms with Crippen molar-refractivity contribution in [2.45, 2.75) is 19.4 Å². The summed E-state index contributed by atoms with van der Waals surface area (Å²) in [6, 6.07) is 26.5. The molecule has 0 fully saturated rings. The maximum Gasteiger partial charge on any atom is 0.233 e. The van der Waals surface area contributed by atoms with Gasteiger partial charge >= 0.3 is 0 Å². The predicted octanol–water partition coefficient (Wildman–Crippen LogP) is 4.04. The minimum atomic E-state index is -0.0239. The van der Waals surface area contributed by atoms with Gasteiger partial charge < -0.3 is 10.1 Å². The second-order valence-electron chi connectivity index (χ2n) is 7.08. The second kappa shape index (κ2) is 10.4. The van der Waals surface area contributed by atoms with Crippen molar-refractivity contribution in [3.05, 3.63) is 101 Å². The van der Waals surface area contributed by atoms with E-state index in [1.165, 1.54) is 11.1 Å². The van der Waals surface area contributed by atoms with E-state index in [1.54, 1.807) is 7.11 Å². The van der Waals surface area contributed by atoms with E-state index in [1.807, 2.05) is 42.5 Å². The lowest BCUT2D eigenvalue weighted by molar-refractivity contribution is -0.120. The molecule has 2 N–H and O–H groups in total. The van der Waals surface area contributed by atoms with Crippen LogP contribution >= 0.6 is 0 Å². The highest BCUT2D eigenvalue weighted by molar-refractivity contribution is 5.78. The maximum absolute atomic E-state index is 12.4. The van der Waals surface area contributed by atoms with Gasteiger partial charge in [-0.2, -0.15) is 0 Å². The number of carbonyl (C=O) groups is 1. The monoisotopic (exact) mass is 388 g/mol. The molecule has 0 bridgehead atoms. The third-order valence-corrected chi connectivity index (χ3v) is 4.91. The van der Waals surface area contributed by atoms with E-state index >= 15 is 0 Å². The van der Waals surface area contributed by atoms with Crippen LogP contribution in [0.1, 0.15) is 28.3 Å². The SMILES string of the molecule is COc1ccc(CCNC(=O)CN[C@@H](c2ccccc2)c2ccc(C)cc2)cc1. The Morgan fingerprint density at radius 2 is 1.55 bits per heavy atom. The van der Waals surface area contributed by atoms with E-state index in [0.717, 1.165) is 23.3 Å². The number of aryl methyl sites for hydroxylation is 1. The summed E-state index contributed by atoms with van der Waals surface area (Å²) in [5.41, 5.74) is 4.67. The van der Waals surface area contributed by atoms with Crippen molar-refractivity contribution in [2.75, 3.05) is 20.2 Å². The molecule has 0 heterocycles. The molecule has 0 saturated heterocycles. The zero-order valence-corrected chi connectivity index (χ0v) is 17.0. The number of rotatable bonds is 9. The Kier molecular flexibility index (Phi) is 7.42. The number of nitrogens with one attached hydrogen (secondary N) is 2. The topological polar surface area (TPSA) is 50.4 Å². The van der Waals surface area contributed by atoms with Crippen LogP contribution in [0.3, 0.4) is 0 Å². The Balaban J connectivity index is 1.54. The molecular weight excluding hydrogens is 360 g/mol. The summed E-state index contributed by atoms with van der Waals surface area (Å²) < 4.78 is 5.17. The number of hydrogen-bond acceptors (Lipinski definition) is 3. The largest absolute Gasteiger partial charge is 0.497 e. The molecule has 3 aromatic rings. The Morgan fingerprint density at radius 3 is 2.21 bits per heavy atom. The molecule has 0 radical (unpaired) electrons. The van der Waals surface area contributed by atoms with Gasteiger partial charge in [0.25, 0.3) is 0 Å². The minimum Gasteiger partial charge on any atom is -0.497 e. The molecule has 0 spiro atoms. The molecule has 3 rings (SSSR count). The predicted molar refractivity (Wildman–Crippen MR) is 117 cm³/mol. The van der Waals surface area contributed by atoms with E-state index in [2.05, 4.69) is 54.0 Å².